The lowest BCUT2D eigenvalue weighted by atomic mass is 10.1. The molecule has 0 radical (unpaired) electrons. The topological polar surface area (TPSA) is 29.1 Å². The first-order valence-electron chi connectivity index (χ1n) is 7.59. The Morgan fingerprint density at radius 3 is 1.65 bits per heavy atom. The van der Waals surface area contributed by atoms with Gasteiger partial charge in [-0.05, 0) is 6.42 Å². The number of halogens is 7. The van der Waals surface area contributed by atoms with Crippen molar-refractivity contribution >= 4 is 5.91 Å². The van der Waals surface area contributed by atoms with Crippen LogP contribution in [0.25, 0.3) is 0 Å². The van der Waals surface area contributed by atoms with Crippen LogP contribution in [0.2, 0.25) is 0 Å². The van der Waals surface area contributed by atoms with E-state index < -0.39 is 23.9 Å². The van der Waals surface area contributed by atoms with Crippen LogP contribution >= 0.6 is 0 Å². The molecular formula is C14H22F7NO. The molecule has 0 atom stereocenters. The quantitative estimate of drug-likeness (QED) is 0.407. The number of unbranched alkanes of at least 4 members (excludes halogenated alkanes) is 7. The first-order valence-corrected chi connectivity index (χ1v) is 7.59. The van der Waals surface area contributed by atoms with Gasteiger partial charge in [-0.3, -0.25) is 4.79 Å². The Kier molecular flexibility index (Phi) is 8.90. The van der Waals surface area contributed by atoms with Gasteiger partial charge in [-0.1, -0.05) is 51.9 Å². The third-order valence-electron chi connectivity index (χ3n) is 3.35. The molecule has 0 aromatic rings. The third-order valence-corrected chi connectivity index (χ3v) is 3.35. The summed E-state index contributed by atoms with van der Waals surface area (Å²) in [6.45, 7) is 1.71. The van der Waals surface area contributed by atoms with Gasteiger partial charge in [-0.25, -0.2) is 0 Å². The molecule has 0 aromatic carbocycles. The fourth-order valence-electron chi connectivity index (χ4n) is 1.89. The summed E-state index contributed by atoms with van der Waals surface area (Å²) in [6, 6.07) is 0. The maximum Gasteiger partial charge on any atom is 0.460 e. The lowest BCUT2D eigenvalue weighted by Gasteiger charge is -2.27. The summed E-state index contributed by atoms with van der Waals surface area (Å²) in [7, 11) is 0. The average molecular weight is 353 g/mol. The number of alkyl halides is 7. The van der Waals surface area contributed by atoms with Crippen molar-refractivity contribution in [3.63, 3.8) is 0 Å². The zero-order valence-corrected chi connectivity index (χ0v) is 12.9. The number of hydrogen-bond acceptors (Lipinski definition) is 1. The van der Waals surface area contributed by atoms with Crippen LogP contribution in [-0.2, 0) is 4.79 Å². The predicted octanol–water partition coefficient (Wildman–Crippen LogP) is 5.08. The van der Waals surface area contributed by atoms with Gasteiger partial charge in [0.25, 0.3) is 5.91 Å². The van der Waals surface area contributed by atoms with Gasteiger partial charge in [0.2, 0.25) is 0 Å². The number of rotatable bonds is 11. The van der Waals surface area contributed by atoms with Crippen molar-refractivity contribution in [2.24, 2.45) is 0 Å². The van der Waals surface area contributed by atoms with Crippen molar-refractivity contribution < 1.29 is 35.5 Å². The van der Waals surface area contributed by atoms with E-state index in [2.05, 4.69) is 6.92 Å². The second-order valence-electron chi connectivity index (χ2n) is 5.38. The molecule has 0 unspecified atom stereocenters. The molecule has 0 fully saturated rings. The Morgan fingerprint density at radius 2 is 1.22 bits per heavy atom. The van der Waals surface area contributed by atoms with Crippen molar-refractivity contribution in [2.45, 2.75) is 76.3 Å². The van der Waals surface area contributed by atoms with E-state index in [0.717, 1.165) is 38.5 Å². The lowest BCUT2D eigenvalue weighted by molar-refractivity contribution is -0.344. The molecule has 0 rings (SSSR count). The summed E-state index contributed by atoms with van der Waals surface area (Å²) in [5, 5.41) is 1.44. The maximum atomic E-state index is 13.0. The molecule has 23 heavy (non-hydrogen) atoms. The summed E-state index contributed by atoms with van der Waals surface area (Å²) in [6.07, 6.45) is 0.377. The van der Waals surface area contributed by atoms with Crippen molar-refractivity contribution in [2.75, 3.05) is 6.54 Å². The van der Waals surface area contributed by atoms with Crippen LogP contribution in [-0.4, -0.2) is 30.5 Å². The van der Waals surface area contributed by atoms with Gasteiger partial charge in [-0.2, -0.15) is 30.7 Å². The minimum Gasteiger partial charge on any atom is -0.351 e. The fraction of sp³-hybridized carbons (Fsp3) is 0.929. The molecule has 9 heteroatoms. The zero-order valence-electron chi connectivity index (χ0n) is 12.9. The zero-order chi connectivity index (χ0) is 18.1. The molecule has 0 aliphatic heterocycles. The Morgan fingerprint density at radius 1 is 0.783 bits per heavy atom. The van der Waals surface area contributed by atoms with E-state index in [1.807, 2.05) is 0 Å². The van der Waals surface area contributed by atoms with E-state index in [4.69, 9.17) is 0 Å². The lowest BCUT2D eigenvalue weighted by Crippen LogP contribution is -2.59. The molecule has 138 valence electrons. The average Bonchev–Trinajstić information content (AvgIpc) is 2.43. The number of amides is 1. The van der Waals surface area contributed by atoms with E-state index in [9.17, 15) is 35.5 Å². The van der Waals surface area contributed by atoms with Crippen molar-refractivity contribution in [1.82, 2.24) is 5.32 Å². The van der Waals surface area contributed by atoms with Crippen LogP contribution in [0.1, 0.15) is 58.3 Å². The molecule has 0 heterocycles. The standard InChI is InChI=1S/C14H22F7NO/c1-2-3-4-5-6-7-8-9-10-22-11(23)12(15,16)13(17,18)14(19,20)21/h2-10H2,1H3,(H,22,23). The Labute approximate surface area is 130 Å². The monoisotopic (exact) mass is 353 g/mol. The number of hydrogen-bond donors (Lipinski definition) is 1. The van der Waals surface area contributed by atoms with Crippen molar-refractivity contribution in [3.8, 4) is 0 Å². The van der Waals surface area contributed by atoms with Crippen LogP contribution in [0.5, 0.6) is 0 Å². The van der Waals surface area contributed by atoms with Gasteiger partial charge in [0.05, 0.1) is 0 Å². The minimum absolute atomic E-state index is 0.243. The van der Waals surface area contributed by atoms with Crippen molar-refractivity contribution in [3.05, 3.63) is 0 Å². The largest absolute Gasteiger partial charge is 0.460 e. The van der Waals surface area contributed by atoms with Gasteiger partial charge in [0, 0.05) is 6.54 Å². The summed E-state index contributed by atoms with van der Waals surface area (Å²) in [5.74, 6) is -14.8. The molecule has 0 saturated heterocycles. The molecular weight excluding hydrogens is 331 g/mol. The van der Waals surface area contributed by atoms with E-state index >= 15 is 0 Å². The molecule has 0 aliphatic rings. The Bertz CT molecular complexity index is 356. The van der Waals surface area contributed by atoms with Crippen LogP contribution < -0.4 is 5.32 Å². The van der Waals surface area contributed by atoms with Gasteiger partial charge in [0.15, 0.2) is 0 Å². The van der Waals surface area contributed by atoms with Crippen molar-refractivity contribution in [1.29, 1.82) is 0 Å². The highest BCUT2D eigenvalue weighted by atomic mass is 19.4. The van der Waals surface area contributed by atoms with E-state index in [1.165, 1.54) is 5.32 Å². The number of carbonyl (C=O) groups is 1. The van der Waals surface area contributed by atoms with Crippen LogP contribution in [0.3, 0.4) is 0 Å². The number of carbonyl (C=O) groups excluding carboxylic acids is 1. The SMILES string of the molecule is CCCCCCCCCCNC(=O)C(F)(F)C(F)(F)C(F)(F)F. The minimum atomic E-state index is -6.49. The Balaban J connectivity index is 4.06. The highest BCUT2D eigenvalue weighted by molar-refractivity contribution is 5.84. The van der Waals surface area contributed by atoms with Gasteiger partial charge < -0.3 is 5.32 Å². The summed E-state index contributed by atoms with van der Waals surface area (Å²) in [5.41, 5.74) is 0. The van der Waals surface area contributed by atoms with E-state index in [-0.39, 0.29) is 13.0 Å². The van der Waals surface area contributed by atoms with Gasteiger partial charge in [-0.15, -0.1) is 0 Å². The van der Waals surface area contributed by atoms with E-state index in [0.29, 0.717) is 6.42 Å². The molecule has 0 bridgehead atoms. The Hall–Kier alpha value is -1.02. The molecule has 0 aromatic heterocycles. The predicted molar refractivity (Wildman–Crippen MR) is 71.6 cm³/mol. The summed E-state index contributed by atoms with van der Waals surface area (Å²) >= 11 is 0. The van der Waals surface area contributed by atoms with Gasteiger partial charge >= 0.3 is 18.0 Å². The van der Waals surface area contributed by atoms with Gasteiger partial charge in [0.1, 0.15) is 0 Å². The van der Waals surface area contributed by atoms with Crippen LogP contribution in [0.15, 0.2) is 0 Å². The highest BCUT2D eigenvalue weighted by Gasteiger charge is 2.76. The second-order valence-corrected chi connectivity index (χ2v) is 5.38. The first-order chi connectivity index (χ1) is 10.5. The fourth-order valence-corrected chi connectivity index (χ4v) is 1.89. The van der Waals surface area contributed by atoms with Crippen LogP contribution in [0.4, 0.5) is 30.7 Å². The first kappa shape index (κ1) is 22.0. The smallest absolute Gasteiger partial charge is 0.351 e. The molecule has 0 saturated carbocycles. The second kappa shape index (κ2) is 9.32. The molecule has 0 aliphatic carbocycles. The molecule has 1 N–H and O–H groups in total. The molecule has 2 nitrogen and oxygen atoms in total. The molecule has 1 amide bonds. The maximum absolute atomic E-state index is 13.0. The summed E-state index contributed by atoms with van der Waals surface area (Å²) < 4.78 is 86.8. The van der Waals surface area contributed by atoms with E-state index in [1.54, 1.807) is 0 Å². The molecule has 0 spiro atoms. The number of nitrogens with one attached hydrogen (secondary N) is 1. The highest BCUT2D eigenvalue weighted by Crippen LogP contribution is 2.46. The third kappa shape index (κ3) is 6.55. The summed E-state index contributed by atoms with van der Waals surface area (Å²) in [4.78, 5) is 10.9. The van der Waals surface area contributed by atoms with Crippen LogP contribution in [0, 0.1) is 0 Å². The normalized spacial score (nSPS) is 13.2.